The van der Waals surface area contributed by atoms with E-state index in [0.717, 1.165) is 42.3 Å². The van der Waals surface area contributed by atoms with Crippen molar-refractivity contribution in [1.82, 2.24) is 5.32 Å². The van der Waals surface area contributed by atoms with Gasteiger partial charge in [0.25, 0.3) is 0 Å². The Morgan fingerprint density at radius 3 is 2.77 bits per heavy atom. The summed E-state index contributed by atoms with van der Waals surface area (Å²) in [6, 6.07) is 14.3. The fourth-order valence-corrected chi connectivity index (χ4v) is 3.01. The van der Waals surface area contributed by atoms with Crippen molar-refractivity contribution in [3.05, 3.63) is 53.6 Å². The molecule has 0 bridgehead atoms. The van der Waals surface area contributed by atoms with Gasteiger partial charge in [0.05, 0.1) is 0 Å². The third-order valence-electron chi connectivity index (χ3n) is 4.05. The van der Waals surface area contributed by atoms with Crippen LogP contribution < -0.4 is 19.5 Å². The van der Waals surface area contributed by atoms with Gasteiger partial charge >= 0.3 is 0 Å². The number of hydrogen-bond acceptors (Lipinski definition) is 4. The van der Waals surface area contributed by atoms with Crippen molar-refractivity contribution in [3.63, 3.8) is 0 Å². The largest absolute Gasteiger partial charge is 0.488 e. The van der Waals surface area contributed by atoms with Crippen molar-refractivity contribution in [2.45, 2.75) is 19.1 Å². The molecule has 2 aliphatic rings. The van der Waals surface area contributed by atoms with E-state index in [0.29, 0.717) is 13.2 Å². The molecular formula is C18H19NO3. The highest BCUT2D eigenvalue weighted by Gasteiger charge is 2.22. The molecule has 0 spiro atoms. The van der Waals surface area contributed by atoms with Crippen LogP contribution in [-0.2, 0) is 13.0 Å². The zero-order chi connectivity index (χ0) is 14.8. The molecule has 1 N–H and O–H groups in total. The van der Waals surface area contributed by atoms with Crippen molar-refractivity contribution >= 4 is 0 Å². The molecule has 22 heavy (non-hydrogen) atoms. The van der Waals surface area contributed by atoms with E-state index in [-0.39, 0.29) is 6.10 Å². The van der Waals surface area contributed by atoms with Gasteiger partial charge in [-0.25, -0.2) is 0 Å². The molecule has 2 aromatic rings. The molecule has 4 heteroatoms. The molecule has 0 radical (unpaired) electrons. The first-order valence-electron chi connectivity index (χ1n) is 7.73. The summed E-state index contributed by atoms with van der Waals surface area (Å²) in [6.07, 6.45) is 1.17. The predicted octanol–water partition coefficient (Wildman–Crippen LogP) is 2.55. The molecule has 0 saturated heterocycles. The minimum atomic E-state index is 0.203. The maximum Gasteiger partial charge on any atom is 0.165 e. The number of nitrogens with one attached hydrogen (secondary N) is 1. The van der Waals surface area contributed by atoms with Crippen LogP contribution in [0.15, 0.2) is 42.5 Å². The highest BCUT2D eigenvalue weighted by Crippen LogP contribution is 2.33. The van der Waals surface area contributed by atoms with Gasteiger partial charge in [0.1, 0.15) is 25.1 Å². The highest BCUT2D eigenvalue weighted by molar-refractivity contribution is 5.47. The number of fused-ring (bicyclic) bond motifs is 2. The van der Waals surface area contributed by atoms with Crippen molar-refractivity contribution < 1.29 is 14.2 Å². The second kappa shape index (κ2) is 5.89. The molecule has 1 atom stereocenters. The van der Waals surface area contributed by atoms with E-state index in [1.54, 1.807) is 0 Å². The van der Waals surface area contributed by atoms with Crippen molar-refractivity contribution in [1.29, 1.82) is 0 Å². The molecule has 4 rings (SSSR count). The molecule has 0 aromatic heterocycles. The number of para-hydroxylation sites is 2. The zero-order valence-electron chi connectivity index (χ0n) is 12.4. The average molecular weight is 297 g/mol. The summed E-state index contributed by atoms with van der Waals surface area (Å²) < 4.78 is 17.3. The van der Waals surface area contributed by atoms with E-state index in [2.05, 4.69) is 23.5 Å². The van der Waals surface area contributed by atoms with Crippen molar-refractivity contribution in [2.75, 3.05) is 19.8 Å². The van der Waals surface area contributed by atoms with Crippen LogP contribution in [0, 0.1) is 0 Å². The Kier molecular flexibility index (Phi) is 3.60. The topological polar surface area (TPSA) is 39.7 Å². The number of hydrogen-bond donors (Lipinski definition) is 1. The SMILES string of the molecule is c1ccc2c(c1)C[C@@H](CNCc1cccc3c1OCCO3)O2. The Morgan fingerprint density at radius 1 is 0.955 bits per heavy atom. The quantitative estimate of drug-likeness (QED) is 0.941. The fraction of sp³-hybridized carbons (Fsp3) is 0.333. The Hall–Kier alpha value is -2.20. The lowest BCUT2D eigenvalue weighted by molar-refractivity contribution is 0.169. The predicted molar refractivity (Wildman–Crippen MR) is 83.7 cm³/mol. The maximum absolute atomic E-state index is 5.94. The third kappa shape index (κ3) is 2.62. The minimum absolute atomic E-state index is 0.203. The van der Waals surface area contributed by atoms with Crippen LogP contribution >= 0.6 is 0 Å². The number of ether oxygens (including phenoxy) is 3. The second-order valence-corrected chi connectivity index (χ2v) is 5.62. The first kappa shape index (κ1) is 13.5. The first-order chi connectivity index (χ1) is 10.9. The standard InChI is InChI=1S/C18H19NO3/c1-2-6-16-13(4-1)10-15(22-16)12-19-11-14-5-3-7-17-18(14)21-9-8-20-17/h1-7,15,19H,8-12H2/t15-/m0/s1. The monoisotopic (exact) mass is 297 g/mol. The van der Waals surface area contributed by atoms with E-state index < -0.39 is 0 Å². The normalized spacial score (nSPS) is 18.6. The van der Waals surface area contributed by atoms with E-state index >= 15 is 0 Å². The van der Waals surface area contributed by atoms with Crippen molar-refractivity contribution in [2.24, 2.45) is 0 Å². The molecule has 0 unspecified atom stereocenters. The highest BCUT2D eigenvalue weighted by atomic mass is 16.6. The molecule has 114 valence electrons. The van der Waals surface area contributed by atoms with E-state index in [9.17, 15) is 0 Å². The van der Waals surface area contributed by atoms with E-state index in [1.807, 2.05) is 24.3 Å². The van der Waals surface area contributed by atoms with Crippen LogP contribution in [0.1, 0.15) is 11.1 Å². The van der Waals surface area contributed by atoms with Gasteiger partial charge in [-0.05, 0) is 17.7 Å². The fourth-order valence-electron chi connectivity index (χ4n) is 3.01. The van der Waals surface area contributed by atoms with Crippen LogP contribution in [-0.4, -0.2) is 25.9 Å². The molecule has 2 heterocycles. The van der Waals surface area contributed by atoms with Gasteiger partial charge in [-0.15, -0.1) is 0 Å². The summed E-state index contributed by atoms with van der Waals surface area (Å²) in [5.74, 6) is 2.73. The van der Waals surface area contributed by atoms with E-state index in [1.165, 1.54) is 5.56 Å². The summed E-state index contributed by atoms with van der Waals surface area (Å²) in [7, 11) is 0. The van der Waals surface area contributed by atoms with Gasteiger partial charge in [0, 0.05) is 25.1 Å². The summed E-state index contributed by atoms with van der Waals surface area (Å²) in [5, 5.41) is 3.47. The van der Waals surface area contributed by atoms with Gasteiger partial charge < -0.3 is 19.5 Å². The smallest absolute Gasteiger partial charge is 0.165 e. The maximum atomic E-state index is 5.94. The Labute approximate surface area is 130 Å². The molecule has 4 nitrogen and oxygen atoms in total. The molecule has 2 aliphatic heterocycles. The third-order valence-corrected chi connectivity index (χ3v) is 4.05. The molecule has 2 aromatic carbocycles. The van der Waals surface area contributed by atoms with E-state index in [4.69, 9.17) is 14.2 Å². The lowest BCUT2D eigenvalue weighted by atomic mass is 10.1. The summed E-state index contributed by atoms with van der Waals surface area (Å²) in [5.41, 5.74) is 2.43. The van der Waals surface area contributed by atoms with Gasteiger partial charge in [-0.3, -0.25) is 0 Å². The lowest BCUT2D eigenvalue weighted by Crippen LogP contribution is -2.30. The molecule has 0 saturated carbocycles. The Morgan fingerprint density at radius 2 is 1.82 bits per heavy atom. The van der Waals surface area contributed by atoms with Gasteiger partial charge in [-0.2, -0.15) is 0 Å². The minimum Gasteiger partial charge on any atom is -0.488 e. The van der Waals surface area contributed by atoms with Gasteiger partial charge in [0.15, 0.2) is 11.5 Å². The van der Waals surface area contributed by atoms with Crippen LogP contribution in [0.5, 0.6) is 17.2 Å². The summed E-state index contributed by atoms with van der Waals surface area (Å²) >= 11 is 0. The Balaban J connectivity index is 1.35. The van der Waals surface area contributed by atoms with Crippen LogP contribution in [0.3, 0.4) is 0 Å². The average Bonchev–Trinajstić information content (AvgIpc) is 2.98. The summed E-state index contributed by atoms with van der Waals surface area (Å²) in [4.78, 5) is 0. The molecular weight excluding hydrogens is 278 g/mol. The molecule has 0 fully saturated rings. The van der Waals surface area contributed by atoms with Crippen molar-refractivity contribution in [3.8, 4) is 17.2 Å². The van der Waals surface area contributed by atoms with Gasteiger partial charge in [0.2, 0.25) is 0 Å². The lowest BCUT2D eigenvalue weighted by Gasteiger charge is -2.21. The molecule has 0 amide bonds. The van der Waals surface area contributed by atoms with Crippen LogP contribution in [0.4, 0.5) is 0 Å². The second-order valence-electron chi connectivity index (χ2n) is 5.62. The number of rotatable bonds is 4. The summed E-state index contributed by atoms with van der Waals surface area (Å²) in [6.45, 7) is 2.81. The zero-order valence-corrected chi connectivity index (χ0v) is 12.4. The Bertz CT molecular complexity index is 646. The number of benzene rings is 2. The van der Waals surface area contributed by atoms with Crippen LogP contribution in [0.25, 0.3) is 0 Å². The first-order valence-corrected chi connectivity index (χ1v) is 7.73. The van der Waals surface area contributed by atoms with Crippen LogP contribution in [0.2, 0.25) is 0 Å². The van der Waals surface area contributed by atoms with Gasteiger partial charge in [-0.1, -0.05) is 30.3 Å². The molecule has 0 aliphatic carbocycles.